The minimum atomic E-state index is -0.288. The van der Waals surface area contributed by atoms with Gasteiger partial charge in [-0.2, -0.15) is 0 Å². The van der Waals surface area contributed by atoms with Gasteiger partial charge >= 0.3 is 0 Å². The molecule has 0 unspecified atom stereocenters. The SMILES string of the molecule is O=C1CCOc2ccc(C(=O)Nc3cccc(Cl)c3)cc2N1. The molecule has 2 aromatic carbocycles. The first-order valence-electron chi connectivity index (χ1n) is 6.75. The van der Waals surface area contributed by atoms with E-state index < -0.39 is 0 Å². The third kappa shape index (κ3) is 3.20. The molecule has 5 nitrogen and oxygen atoms in total. The van der Waals surface area contributed by atoms with Crippen molar-refractivity contribution in [2.45, 2.75) is 6.42 Å². The number of benzene rings is 2. The number of halogens is 1. The maximum atomic E-state index is 12.3. The molecule has 2 amide bonds. The average molecular weight is 317 g/mol. The molecule has 0 fully saturated rings. The Hall–Kier alpha value is -2.53. The van der Waals surface area contributed by atoms with Crippen molar-refractivity contribution in [3.8, 4) is 5.75 Å². The third-order valence-corrected chi connectivity index (χ3v) is 3.42. The fraction of sp³-hybridized carbons (Fsp3) is 0.125. The maximum absolute atomic E-state index is 12.3. The number of fused-ring (bicyclic) bond motifs is 1. The highest BCUT2D eigenvalue weighted by molar-refractivity contribution is 6.31. The molecule has 0 spiro atoms. The first-order chi connectivity index (χ1) is 10.6. The van der Waals surface area contributed by atoms with Gasteiger partial charge in [0.15, 0.2) is 0 Å². The number of rotatable bonds is 2. The van der Waals surface area contributed by atoms with Gasteiger partial charge in [0, 0.05) is 16.3 Å². The van der Waals surface area contributed by atoms with Crippen LogP contribution in [0.25, 0.3) is 0 Å². The predicted molar refractivity (Wildman–Crippen MR) is 84.6 cm³/mol. The van der Waals surface area contributed by atoms with Crippen molar-refractivity contribution in [1.82, 2.24) is 0 Å². The fourth-order valence-corrected chi connectivity index (χ4v) is 2.32. The normalized spacial score (nSPS) is 13.4. The minimum Gasteiger partial charge on any atom is -0.491 e. The van der Waals surface area contributed by atoms with Crippen LogP contribution in [0.1, 0.15) is 16.8 Å². The van der Waals surface area contributed by atoms with E-state index in [0.717, 1.165) is 0 Å². The monoisotopic (exact) mass is 316 g/mol. The smallest absolute Gasteiger partial charge is 0.255 e. The van der Waals surface area contributed by atoms with Crippen LogP contribution in [0.4, 0.5) is 11.4 Å². The van der Waals surface area contributed by atoms with Crippen LogP contribution in [0.2, 0.25) is 5.02 Å². The summed E-state index contributed by atoms with van der Waals surface area (Å²) in [4.78, 5) is 23.8. The lowest BCUT2D eigenvalue weighted by Gasteiger charge is -2.10. The molecule has 1 aliphatic rings. The standard InChI is InChI=1S/C16H13ClN2O3/c17-11-2-1-3-12(9-11)18-16(21)10-4-5-14-13(8-10)19-15(20)6-7-22-14/h1-5,8-9H,6-7H2,(H,18,21)(H,19,20). The zero-order valence-electron chi connectivity index (χ0n) is 11.6. The van der Waals surface area contributed by atoms with E-state index in [9.17, 15) is 9.59 Å². The molecule has 22 heavy (non-hydrogen) atoms. The van der Waals surface area contributed by atoms with Crippen LogP contribution < -0.4 is 15.4 Å². The highest BCUT2D eigenvalue weighted by Crippen LogP contribution is 2.28. The zero-order valence-corrected chi connectivity index (χ0v) is 12.3. The summed E-state index contributed by atoms with van der Waals surface area (Å²) in [5.41, 5.74) is 1.53. The Labute approximate surface area is 132 Å². The second kappa shape index (κ2) is 6.07. The first-order valence-corrected chi connectivity index (χ1v) is 7.13. The van der Waals surface area contributed by atoms with Crippen LogP contribution in [0.3, 0.4) is 0 Å². The largest absolute Gasteiger partial charge is 0.491 e. The van der Waals surface area contributed by atoms with Crippen molar-refractivity contribution < 1.29 is 14.3 Å². The van der Waals surface area contributed by atoms with Gasteiger partial charge in [-0.1, -0.05) is 17.7 Å². The van der Waals surface area contributed by atoms with Crippen molar-refractivity contribution in [3.63, 3.8) is 0 Å². The van der Waals surface area contributed by atoms with Gasteiger partial charge in [-0.05, 0) is 36.4 Å². The molecule has 6 heteroatoms. The molecule has 0 radical (unpaired) electrons. The van der Waals surface area contributed by atoms with Crippen LogP contribution in [-0.2, 0) is 4.79 Å². The summed E-state index contributed by atoms with van der Waals surface area (Å²) in [6.07, 6.45) is 0.290. The number of hydrogen-bond acceptors (Lipinski definition) is 3. The Kier molecular flexibility index (Phi) is 3.98. The summed E-state index contributed by atoms with van der Waals surface area (Å²) in [6.45, 7) is 0.326. The van der Waals surface area contributed by atoms with E-state index in [0.29, 0.717) is 40.7 Å². The van der Waals surface area contributed by atoms with Crippen molar-refractivity contribution in [2.24, 2.45) is 0 Å². The highest BCUT2D eigenvalue weighted by Gasteiger charge is 2.16. The Balaban J connectivity index is 1.83. The molecular weight excluding hydrogens is 304 g/mol. The number of anilines is 2. The van der Waals surface area contributed by atoms with Crippen molar-refractivity contribution in [2.75, 3.05) is 17.2 Å². The Bertz CT molecular complexity index is 746. The van der Waals surface area contributed by atoms with E-state index in [-0.39, 0.29) is 11.8 Å². The average Bonchev–Trinajstić information content (AvgIpc) is 2.67. The second-order valence-electron chi connectivity index (χ2n) is 4.82. The van der Waals surface area contributed by atoms with Gasteiger partial charge in [0.2, 0.25) is 5.91 Å². The van der Waals surface area contributed by atoms with Gasteiger partial charge in [0.25, 0.3) is 5.91 Å². The number of carbonyl (C=O) groups is 2. The molecule has 1 heterocycles. The van der Waals surface area contributed by atoms with Crippen molar-refractivity contribution in [3.05, 3.63) is 53.1 Å². The molecule has 0 atom stereocenters. The number of hydrogen-bond donors (Lipinski definition) is 2. The first kappa shape index (κ1) is 14.4. The van der Waals surface area contributed by atoms with Crippen LogP contribution in [0.5, 0.6) is 5.75 Å². The van der Waals surface area contributed by atoms with E-state index in [1.54, 1.807) is 42.5 Å². The van der Waals surface area contributed by atoms with Gasteiger partial charge in [-0.25, -0.2) is 0 Å². The summed E-state index contributed by atoms with van der Waals surface area (Å²) < 4.78 is 5.46. The molecular formula is C16H13ClN2O3. The third-order valence-electron chi connectivity index (χ3n) is 3.19. The van der Waals surface area contributed by atoms with E-state index in [1.165, 1.54) is 0 Å². The summed E-state index contributed by atoms with van der Waals surface area (Å²) >= 11 is 5.89. The van der Waals surface area contributed by atoms with Gasteiger partial charge in [-0.15, -0.1) is 0 Å². The van der Waals surface area contributed by atoms with Crippen molar-refractivity contribution in [1.29, 1.82) is 0 Å². The maximum Gasteiger partial charge on any atom is 0.255 e. The van der Waals surface area contributed by atoms with Gasteiger partial charge in [0.05, 0.1) is 18.7 Å². The van der Waals surface area contributed by atoms with Crippen molar-refractivity contribution >= 4 is 34.8 Å². The molecule has 0 saturated heterocycles. The molecule has 0 bridgehead atoms. The van der Waals surface area contributed by atoms with Crippen LogP contribution in [0.15, 0.2) is 42.5 Å². The molecule has 112 valence electrons. The van der Waals surface area contributed by atoms with Crippen LogP contribution >= 0.6 is 11.6 Å². The highest BCUT2D eigenvalue weighted by atomic mass is 35.5. The van der Waals surface area contributed by atoms with Crippen LogP contribution in [0, 0.1) is 0 Å². The molecule has 1 aliphatic heterocycles. The topological polar surface area (TPSA) is 67.4 Å². The van der Waals surface area contributed by atoms with E-state index in [1.807, 2.05) is 0 Å². The number of carbonyl (C=O) groups excluding carboxylic acids is 2. The lowest BCUT2D eigenvalue weighted by molar-refractivity contribution is -0.116. The number of amides is 2. The summed E-state index contributed by atoms with van der Waals surface area (Å²) in [5, 5.41) is 6.02. The fourth-order valence-electron chi connectivity index (χ4n) is 2.13. The summed E-state index contributed by atoms with van der Waals surface area (Å²) in [6, 6.07) is 11.8. The minimum absolute atomic E-state index is 0.133. The summed E-state index contributed by atoms with van der Waals surface area (Å²) in [5.74, 6) is 0.139. The predicted octanol–water partition coefficient (Wildman–Crippen LogP) is 3.31. The molecule has 0 aliphatic carbocycles. The van der Waals surface area contributed by atoms with E-state index in [4.69, 9.17) is 16.3 Å². The molecule has 0 saturated carbocycles. The molecule has 2 aromatic rings. The summed E-state index contributed by atoms with van der Waals surface area (Å²) in [7, 11) is 0. The van der Waals surface area contributed by atoms with Gasteiger partial charge < -0.3 is 15.4 Å². The zero-order chi connectivity index (χ0) is 15.5. The Morgan fingerprint density at radius 3 is 2.91 bits per heavy atom. The van der Waals surface area contributed by atoms with E-state index in [2.05, 4.69) is 10.6 Å². The van der Waals surface area contributed by atoms with Crippen LogP contribution in [-0.4, -0.2) is 18.4 Å². The lowest BCUT2D eigenvalue weighted by atomic mass is 10.1. The molecule has 2 N–H and O–H groups in total. The van der Waals surface area contributed by atoms with Gasteiger partial charge in [-0.3, -0.25) is 9.59 Å². The Morgan fingerprint density at radius 1 is 1.23 bits per heavy atom. The lowest BCUT2D eigenvalue weighted by Crippen LogP contribution is -2.13. The number of ether oxygens (including phenoxy) is 1. The Morgan fingerprint density at radius 2 is 2.09 bits per heavy atom. The second-order valence-corrected chi connectivity index (χ2v) is 5.26. The quantitative estimate of drug-likeness (QED) is 0.893. The number of nitrogens with one attached hydrogen (secondary N) is 2. The molecule has 3 rings (SSSR count). The van der Waals surface area contributed by atoms with Gasteiger partial charge in [0.1, 0.15) is 5.75 Å². The van der Waals surface area contributed by atoms with E-state index >= 15 is 0 Å². The molecule has 0 aromatic heterocycles.